The molecule has 2 aromatic carbocycles. The molecule has 9 nitrogen and oxygen atoms in total. The zero-order chi connectivity index (χ0) is 27.7. The van der Waals surface area contributed by atoms with E-state index in [0.717, 1.165) is 16.8 Å². The number of alkyl halides is 1. The molecule has 2 atom stereocenters. The van der Waals surface area contributed by atoms with Crippen LogP contribution in [0.25, 0.3) is 5.69 Å². The van der Waals surface area contributed by atoms with Crippen LogP contribution in [0.5, 0.6) is 5.75 Å². The van der Waals surface area contributed by atoms with Crippen molar-refractivity contribution in [3.63, 3.8) is 0 Å². The van der Waals surface area contributed by atoms with Gasteiger partial charge in [-0.3, -0.25) is 9.18 Å². The standard InChI is InChI=1S/C26H28F3N5O4S/c27-13-18-9-19(18)15-38-25-24(14-31-34(26(25)35)23-11-20(28)10-21(29)12-23)32-4-6-33(7-5-32)39(36,37)16-17-2-1-3-22(30)8-17/h1-3,8,10-12,14,18-19H,4-7,9,13,15-16,30H2/t18-,19-/m1/s1. The fourth-order valence-electron chi connectivity index (χ4n) is 4.72. The molecule has 1 saturated carbocycles. The number of anilines is 2. The van der Waals surface area contributed by atoms with Gasteiger partial charge < -0.3 is 15.4 Å². The summed E-state index contributed by atoms with van der Waals surface area (Å²) in [5.74, 6) is -2.18. The highest BCUT2D eigenvalue weighted by molar-refractivity contribution is 7.88. The molecule has 0 unspecified atom stereocenters. The second-order valence-electron chi connectivity index (χ2n) is 9.81. The van der Waals surface area contributed by atoms with Crippen LogP contribution in [0.1, 0.15) is 12.0 Å². The molecule has 1 saturated heterocycles. The van der Waals surface area contributed by atoms with Gasteiger partial charge in [-0.15, -0.1) is 0 Å². The first-order valence-electron chi connectivity index (χ1n) is 12.5. The highest BCUT2D eigenvalue weighted by Gasteiger charge is 2.38. The van der Waals surface area contributed by atoms with Gasteiger partial charge in [0.05, 0.1) is 30.9 Å². The van der Waals surface area contributed by atoms with Gasteiger partial charge >= 0.3 is 5.56 Å². The Morgan fingerprint density at radius 2 is 1.74 bits per heavy atom. The maximum absolute atomic E-state index is 13.8. The summed E-state index contributed by atoms with van der Waals surface area (Å²) in [6.07, 6.45) is 2.00. The first-order chi connectivity index (χ1) is 18.6. The van der Waals surface area contributed by atoms with Gasteiger partial charge in [-0.1, -0.05) is 12.1 Å². The molecular weight excluding hydrogens is 535 g/mol. The maximum atomic E-state index is 13.8. The van der Waals surface area contributed by atoms with E-state index in [9.17, 15) is 26.4 Å². The Bertz CT molecular complexity index is 1510. The third-order valence-electron chi connectivity index (χ3n) is 6.99. The summed E-state index contributed by atoms with van der Waals surface area (Å²) in [6, 6.07) is 9.34. The molecule has 2 fully saturated rings. The molecule has 208 valence electrons. The molecule has 2 aliphatic rings. The van der Waals surface area contributed by atoms with Crippen molar-refractivity contribution in [2.75, 3.05) is 50.1 Å². The van der Waals surface area contributed by atoms with Crippen LogP contribution < -0.4 is 20.9 Å². The van der Waals surface area contributed by atoms with Gasteiger partial charge in [0.25, 0.3) is 0 Å². The smallest absolute Gasteiger partial charge is 0.316 e. The fourth-order valence-corrected chi connectivity index (χ4v) is 6.22. The van der Waals surface area contributed by atoms with Gasteiger partial charge in [-0.05, 0) is 48.1 Å². The Morgan fingerprint density at radius 3 is 2.38 bits per heavy atom. The van der Waals surface area contributed by atoms with E-state index in [0.29, 0.717) is 29.4 Å². The van der Waals surface area contributed by atoms with Crippen molar-refractivity contribution in [1.29, 1.82) is 0 Å². The average molecular weight is 564 g/mol. The molecule has 13 heteroatoms. The Morgan fingerprint density at radius 1 is 1.03 bits per heavy atom. The van der Waals surface area contributed by atoms with E-state index in [1.807, 2.05) is 0 Å². The maximum Gasteiger partial charge on any atom is 0.316 e. The Hall–Kier alpha value is -3.58. The van der Waals surface area contributed by atoms with Gasteiger partial charge in [0, 0.05) is 37.9 Å². The Kier molecular flexibility index (Phi) is 7.54. The van der Waals surface area contributed by atoms with Crippen LogP contribution in [-0.4, -0.2) is 62.0 Å². The van der Waals surface area contributed by atoms with Crippen molar-refractivity contribution >= 4 is 21.4 Å². The average Bonchev–Trinajstić information content (AvgIpc) is 3.66. The third kappa shape index (κ3) is 6.04. The van der Waals surface area contributed by atoms with Crippen LogP contribution in [0.3, 0.4) is 0 Å². The fraction of sp³-hybridized carbons (Fsp3) is 0.385. The van der Waals surface area contributed by atoms with Gasteiger partial charge in [-0.2, -0.15) is 14.1 Å². The van der Waals surface area contributed by atoms with E-state index < -0.39 is 33.9 Å². The van der Waals surface area contributed by atoms with E-state index in [-0.39, 0.29) is 61.8 Å². The topological polar surface area (TPSA) is 111 Å². The number of aromatic nitrogens is 2. The number of rotatable bonds is 9. The van der Waals surface area contributed by atoms with E-state index in [4.69, 9.17) is 10.5 Å². The number of nitrogens with zero attached hydrogens (tertiary/aromatic N) is 4. The zero-order valence-electron chi connectivity index (χ0n) is 21.0. The predicted molar refractivity (Wildman–Crippen MR) is 140 cm³/mol. The van der Waals surface area contributed by atoms with Crippen molar-refractivity contribution in [2.24, 2.45) is 11.8 Å². The second kappa shape index (κ2) is 10.9. The van der Waals surface area contributed by atoms with E-state index in [2.05, 4.69) is 5.10 Å². The lowest BCUT2D eigenvalue weighted by atomic mass is 10.2. The number of ether oxygens (including phenoxy) is 1. The van der Waals surface area contributed by atoms with Crippen LogP contribution in [0.2, 0.25) is 0 Å². The number of hydrogen-bond acceptors (Lipinski definition) is 7. The molecule has 3 aromatic rings. The summed E-state index contributed by atoms with van der Waals surface area (Å²) >= 11 is 0. The number of halogens is 3. The minimum Gasteiger partial charge on any atom is -0.486 e. The lowest BCUT2D eigenvalue weighted by Crippen LogP contribution is -2.49. The minimum atomic E-state index is -3.62. The summed E-state index contributed by atoms with van der Waals surface area (Å²) in [6.45, 7) is 0.457. The monoisotopic (exact) mass is 563 g/mol. The predicted octanol–water partition coefficient (Wildman–Crippen LogP) is 2.73. The summed E-state index contributed by atoms with van der Waals surface area (Å²) in [7, 11) is -3.62. The molecule has 0 radical (unpaired) electrons. The van der Waals surface area contributed by atoms with Crippen molar-refractivity contribution < 1.29 is 26.3 Å². The van der Waals surface area contributed by atoms with Crippen molar-refractivity contribution in [3.05, 3.63) is 76.2 Å². The number of nitrogen functional groups attached to an aromatic ring is 1. The SMILES string of the molecule is Nc1cccc(CS(=O)(=O)N2CCN(c3cnn(-c4cc(F)cc(F)c4)c(=O)c3OC[C@H]3C[C@@H]3CF)CC2)c1. The van der Waals surface area contributed by atoms with Gasteiger partial charge in [0.1, 0.15) is 17.3 Å². The number of sulfonamides is 1. The third-order valence-corrected chi connectivity index (χ3v) is 8.84. The zero-order valence-corrected chi connectivity index (χ0v) is 21.8. The Balaban J connectivity index is 1.37. The molecule has 0 bridgehead atoms. The molecule has 0 spiro atoms. The molecule has 1 aromatic heterocycles. The van der Waals surface area contributed by atoms with E-state index in [1.165, 1.54) is 10.5 Å². The highest BCUT2D eigenvalue weighted by atomic mass is 32.2. The minimum absolute atomic E-state index is 0.0375. The summed E-state index contributed by atoms with van der Waals surface area (Å²) < 4.78 is 74.8. The molecule has 2 heterocycles. The van der Waals surface area contributed by atoms with E-state index in [1.54, 1.807) is 29.2 Å². The van der Waals surface area contributed by atoms with Crippen LogP contribution in [0, 0.1) is 23.5 Å². The Labute approximate surface area is 223 Å². The normalized spacial score (nSPS) is 19.7. The number of benzene rings is 2. The van der Waals surface area contributed by atoms with Crippen LogP contribution >= 0.6 is 0 Å². The van der Waals surface area contributed by atoms with Crippen LogP contribution in [0.15, 0.2) is 53.5 Å². The van der Waals surface area contributed by atoms with Gasteiger partial charge in [0.15, 0.2) is 0 Å². The quantitative estimate of drug-likeness (QED) is 0.399. The molecule has 39 heavy (non-hydrogen) atoms. The number of hydrogen-bond donors (Lipinski definition) is 1. The van der Waals surface area contributed by atoms with Crippen molar-refractivity contribution in [1.82, 2.24) is 14.1 Å². The largest absolute Gasteiger partial charge is 0.486 e. The molecule has 2 N–H and O–H groups in total. The number of nitrogens with two attached hydrogens (primary N) is 1. The van der Waals surface area contributed by atoms with Gasteiger partial charge in [0.2, 0.25) is 15.8 Å². The molecule has 1 aliphatic heterocycles. The lowest BCUT2D eigenvalue weighted by Gasteiger charge is -2.35. The highest BCUT2D eigenvalue weighted by Crippen LogP contribution is 2.39. The lowest BCUT2D eigenvalue weighted by molar-refractivity contribution is 0.278. The van der Waals surface area contributed by atoms with Crippen LogP contribution in [-0.2, 0) is 15.8 Å². The second-order valence-corrected chi connectivity index (χ2v) is 11.8. The molecule has 5 rings (SSSR count). The molecule has 1 aliphatic carbocycles. The number of piperazine rings is 1. The summed E-state index contributed by atoms with van der Waals surface area (Å²) in [5.41, 5.74) is 6.33. The van der Waals surface area contributed by atoms with Gasteiger partial charge in [-0.25, -0.2) is 17.2 Å². The van der Waals surface area contributed by atoms with E-state index >= 15 is 0 Å². The van der Waals surface area contributed by atoms with Crippen LogP contribution in [0.4, 0.5) is 24.5 Å². The molecular formula is C26H28F3N5O4S. The first-order valence-corrected chi connectivity index (χ1v) is 14.1. The van der Waals surface area contributed by atoms with Crippen molar-refractivity contribution in [3.8, 4) is 11.4 Å². The summed E-state index contributed by atoms with van der Waals surface area (Å²) in [5, 5.41) is 4.12. The van der Waals surface area contributed by atoms with Crippen molar-refractivity contribution in [2.45, 2.75) is 12.2 Å². The molecule has 0 amide bonds. The summed E-state index contributed by atoms with van der Waals surface area (Å²) in [4.78, 5) is 15.2. The first kappa shape index (κ1) is 27.0.